The summed E-state index contributed by atoms with van der Waals surface area (Å²) >= 11 is 1.56. The van der Waals surface area contributed by atoms with E-state index in [9.17, 15) is 28.7 Å². The second-order valence-corrected chi connectivity index (χ2v) is 20.7. The summed E-state index contributed by atoms with van der Waals surface area (Å²) in [5.41, 5.74) is 8.90. The van der Waals surface area contributed by atoms with Gasteiger partial charge in [-0.2, -0.15) is 0 Å². The molecule has 3 aromatic carbocycles. The van der Waals surface area contributed by atoms with Crippen LogP contribution in [0.3, 0.4) is 0 Å². The molecule has 0 saturated carbocycles. The number of nitrogens with one attached hydrogen (secondary N) is 4. The number of amides is 4. The van der Waals surface area contributed by atoms with E-state index in [1.807, 2.05) is 71.0 Å². The van der Waals surface area contributed by atoms with E-state index in [0.29, 0.717) is 53.9 Å². The lowest BCUT2D eigenvalue weighted by Crippen LogP contribution is -2.58. The molecule has 1 saturated heterocycles. The minimum atomic E-state index is -1.01. The highest BCUT2D eigenvalue weighted by Gasteiger charge is 2.44. The van der Waals surface area contributed by atoms with E-state index in [1.54, 1.807) is 64.1 Å². The summed E-state index contributed by atoms with van der Waals surface area (Å²) in [5, 5.41) is 30.9. The highest BCUT2D eigenvalue weighted by Crippen LogP contribution is 2.33. The third-order valence-electron chi connectivity index (χ3n) is 13.3. The van der Waals surface area contributed by atoms with Gasteiger partial charge < -0.3 is 45.5 Å². The number of carbonyl (C=O) groups excluding carboxylic acids is 4. The number of ether oxygens (including phenoxy) is 3. The fourth-order valence-electron chi connectivity index (χ4n) is 9.30. The highest BCUT2D eigenvalue weighted by molar-refractivity contribution is 7.13. The van der Waals surface area contributed by atoms with Crippen molar-refractivity contribution in [3.05, 3.63) is 130 Å². The maximum absolute atomic E-state index is 14.8. The van der Waals surface area contributed by atoms with Gasteiger partial charge in [-0.25, -0.2) is 14.4 Å². The van der Waals surface area contributed by atoms with Crippen LogP contribution in [0.25, 0.3) is 27.2 Å². The first-order valence-corrected chi connectivity index (χ1v) is 26.0. The number of fused-ring (bicyclic) bond motifs is 2. The normalized spacial score (nSPS) is 15.4. The number of nitrogens with zero attached hydrogens (tertiary/aromatic N) is 7. The third kappa shape index (κ3) is 12.4. The molecule has 2 aliphatic rings. The number of aryl methyl sites for hydroxylation is 3. The molecular formula is C55H60FN11O8S. The molecule has 7 aromatic rings. The number of aliphatic hydroxyl groups excluding tert-OH is 1. The highest BCUT2D eigenvalue weighted by atomic mass is 32.1. The predicted molar refractivity (Wildman–Crippen MR) is 282 cm³/mol. The molecule has 3 atom stereocenters. The van der Waals surface area contributed by atoms with Crippen molar-refractivity contribution in [3.8, 4) is 38.8 Å². The average Bonchev–Trinajstić information content (AvgIpc) is 4.26. The van der Waals surface area contributed by atoms with Crippen LogP contribution in [-0.4, -0.2) is 114 Å². The number of thiazole rings is 1. The van der Waals surface area contributed by atoms with E-state index < -0.39 is 41.3 Å². The summed E-state index contributed by atoms with van der Waals surface area (Å²) in [7, 11) is 0. The van der Waals surface area contributed by atoms with Crippen molar-refractivity contribution in [2.45, 2.75) is 91.6 Å². The van der Waals surface area contributed by atoms with Crippen molar-refractivity contribution in [1.82, 2.24) is 50.4 Å². The van der Waals surface area contributed by atoms with Crippen LogP contribution in [0.15, 0.2) is 90.8 Å². The van der Waals surface area contributed by atoms with Gasteiger partial charge in [-0.15, -0.1) is 21.5 Å². The molecule has 0 aliphatic carbocycles. The number of carbonyl (C=O) groups is 4. The van der Waals surface area contributed by atoms with Gasteiger partial charge >= 0.3 is 0 Å². The number of β-amino-alcohol motifs (C(OH)–C–C–N with tert-alkyl or cyclic N) is 1. The van der Waals surface area contributed by atoms with Gasteiger partial charge in [0, 0.05) is 78.7 Å². The molecule has 6 heterocycles. The van der Waals surface area contributed by atoms with Crippen molar-refractivity contribution >= 4 is 46.6 Å². The van der Waals surface area contributed by atoms with Gasteiger partial charge in [0.25, 0.3) is 5.91 Å². The number of likely N-dealkylation sites (tertiary alicyclic amines) is 1. The Bertz CT molecular complexity index is 3230. The number of anilines is 1. The number of aliphatic hydroxyl groups is 1. The lowest BCUT2D eigenvalue weighted by molar-refractivity contribution is -0.144. The van der Waals surface area contributed by atoms with E-state index >= 15 is 0 Å². The van der Waals surface area contributed by atoms with E-state index in [1.165, 1.54) is 11.0 Å². The van der Waals surface area contributed by atoms with Crippen LogP contribution in [-0.2, 0) is 45.1 Å². The van der Waals surface area contributed by atoms with Gasteiger partial charge in [-0.3, -0.25) is 28.6 Å². The van der Waals surface area contributed by atoms with Gasteiger partial charge in [-0.1, -0.05) is 51.1 Å². The molecular weight excluding hydrogens is 994 g/mol. The number of aromatic nitrogens is 6. The minimum absolute atomic E-state index is 0.0425. The zero-order valence-electron chi connectivity index (χ0n) is 42.9. The van der Waals surface area contributed by atoms with Gasteiger partial charge in [0.2, 0.25) is 23.7 Å². The van der Waals surface area contributed by atoms with E-state index in [2.05, 4.69) is 41.4 Å². The number of rotatable bonds is 20. The van der Waals surface area contributed by atoms with E-state index in [0.717, 1.165) is 49.8 Å². The van der Waals surface area contributed by atoms with Crippen LogP contribution >= 0.6 is 11.3 Å². The third-order valence-corrected chi connectivity index (χ3v) is 14.3. The Morgan fingerprint density at radius 1 is 0.908 bits per heavy atom. The molecule has 19 nitrogen and oxygen atoms in total. The first kappa shape index (κ1) is 52.8. The molecule has 4 aromatic heterocycles. The van der Waals surface area contributed by atoms with E-state index in [4.69, 9.17) is 19.2 Å². The summed E-state index contributed by atoms with van der Waals surface area (Å²) in [4.78, 5) is 69.7. The van der Waals surface area contributed by atoms with Gasteiger partial charge in [-0.05, 0) is 79.3 Å². The second-order valence-electron chi connectivity index (χ2n) is 19.8. The van der Waals surface area contributed by atoms with Gasteiger partial charge in [0.05, 0.1) is 35.3 Å². The molecule has 4 amide bonds. The van der Waals surface area contributed by atoms with Crippen molar-refractivity contribution in [1.29, 1.82) is 0 Å². The summed E-state index contributed by atoms with van der Waals surface area (Å²) < 4.78 is 33.7. The monoisotopic (exact) mass is 1050 g/mol. The Morgan fingerprint density at radius 2 is 1.68 bits per heavy atom. The Hall–Kier alpha value is -8.04. The molecule has 21 heteroatoms. The second kappa shape index (κ2) is 23.2. The zero-order valence-corrected chi connectivity index (χ0v) is 43.7. The standard InChI is InChI=1S/C55H60FN11O8S/c1-32-40(43-27-60-54(67-30-62-65-51(43)67)59-26-42-41-20-22-74-46(41)18-17-44(42)56)16-10-36(63-32)11-19-47(69)57-21-23-73-38-12-14-39(15-13-38)75-29-48(70)64-50(55(3,4)5)53(72)66-28-37(68)24-45(66)52(71)58-25-34-6-8-35(9-7-34)49-33(2)61-31-76-49/h6-10,12-18,27,30-31,37,45,50,68H,11,19-26,28-29H2,1-5H3,(H,57,69)(H,58,71)(H,59,60)(H,64,70)/t37-,45+,50+/m1/s1. The summed E-state index contributed by atoms with van der Waals surface area (Å²) in [5.74, 6) is 0.219. The van der Waals surface area contributed by atoms with Crippen molar-refractivity contribution < 1.29 is 42.9 Å². The van der Waals surface area contributed by atoms with Gasteiger partial charge in [0.15, 0.2) is 12.3 Å². The van der Waals surface area contributed by atoms with Crippen LogP contribution in [0.5, 0.6) is 17.2 Å². The predicted octanol–water partition coefficient (Wildman–Crippen LogP) is 5.93. The Balaban J connectivity index is 0.690. The SMILES string of the molecule is Cc1nc(CCC(=O)NCCOc2ccc(OCC(=O)N[C@@H](C(=O)N3C[C@H](O)C[C@H]3C(=O)NCc3ccc(-c4scnc4C)cc3)C(C)(C)C)cc2)ccc1-c1cnc(NCc2c(F)ccc3c2CCO3)n2cnnc12. The first-order valence-electron chi connectivity index (χ1n) is 25.1. The molecule has 76 heavy (non-hydrogen) atoms. The maximum atomic E-state index is 14.8. The van der Waals surface area contributed by atoms with Crippen LogP contribution in [0, 0.1) is 25.1 Å². The maximum Gasteiger partial charge on any atom is 0.258 e. The first-order chi connectivity index (χ1) is 36.6. The number of benzene rings is 3. The number of pyridine rings is 1. The number of hydrogen-bond acceptors (Lipinski definition) is 15. The summed E-state index contributed by atoms with van der Waals surface area (Å²) in [6, 6.07) is 19.4. The number of hydrogen-bond donors (Lipinski definition) is 5. The zero-order chi connectivity index (χ0) is 53.5. The molecule has 2 aliphatic heterocycles. The quantitative estimate of drug-likeness (QED) is 0.0557. The molecule has 0 spiro atoms. The molecule has 0 unspecified atom stereocenters. The molecule has 9 rings (SSSR count). The van der Waals surface area contributed by atoms with Crippen molar-refractivity contribution in [3.63, 3.8) is 0 Å². The van der Waals surface area contributed by atoms with Crippen LogP contribution in [0.2, 0.25) is 0 Å². The largest absolute Gasteiger partial charge is 0.493 e. The molecule has 1 fully saturated rings. The van der Waals surface area contributed by atoms with Crippen molar-refractivity contribution in [2.75, 3.05) is 38.2 Å². The summed E-state index contributed by atoms with van der Waals surface area (Å²) in [6.45, 7) is 10.3. The fraction of sp³-hybridized carbons (Fsp3) is 0.364. The average molecular weight is 1050 g/mol. The fourth-order valence-corrected chi connectivity index (χ4v) is 10.1. The molecule has 0 radical (unpaired) electrons. The molecule has 0 bridgehead atoms. The topological polar surface area (TPSA) is 236 Å². The number of halogens is 1. The lowest BCUT2D eigenvalue weighted by Gasteiger charge is -2.35. The lowest BCUT2D eigenvalue weighted by atomic mass is 9.85. The van der Waals surface area contributed by atoms with Crippen LogP contribution in [0.1, 0.15) is 67.4 Å². The van der Waals surface area contributed by atoms with Crippen LogP contribution in [0.4, 0.5) is 10.3 Å². The Morgan fingerprint density at radius 3 is 2.42 bits per heavy atom. The van der Waals surface area contributed by atoms with Gasteiger partial charge in [0.1, 0.15) is 48.1 Å². The minimum Gasteiger partial charge on any atom is -0.493 e. The van der Waals surface area contributed by atoms with E-state index in [-0.39, 0.29) is 64.0 Å². The van der Waals surface area contributed by atoms with Crippen molar-refractivity contribution in [2.24, 2.45) is 5.41 Å². The van der Waals surface area contributed by atoms with Crippen LogP contribution < -0.4 is 35.5 Å². The smallest absolute Gasteiger partial charge is 0.258 e. The summed E-state index contributed by atoms with van der Waals surface area (Å²) in [6.07, 6.45) is 3.70. The Kier molecular flexibility index (Phi) is 16.1. The molecule has 5 N–H and O–H groups in total. The Labute approximate surface area is 442 Å². The molecule has 396 valence electrons.